The zero-order valence-corrected chi connectivity index (χ0v) is 10.9. The van der Waals surface area contributed by atoms with Crippen molar-refractivity contribution >= 4 is 5.91 Å². The molecule has 1 saturated carbocycles. The lowest BCUT2D eigenvalue weighted by Gasteiger charge is -2.25. The van der Waals surface area contributed by atoms with Crippen LogP contribution >= 0.6 is 0 Å². The fraction of sp³-hybridized carbons (Fsp3) is 0.533. The molecule has 3 rings (SSSR count). The summed E-state index contributed by atoms with van der Waals surface area (Å²) in [6.45, 7) is 1.11. The van der Waals surface area contributed by atoms with Crippen LogP contribution in [0.4, 0.5) is 0 Å². The molecule has 0 bridgehead atoms. The average molecular weight is 260 g/mol. The van der Waals surface area contributed by atoms with Crippen molar-refractivity contribution in [3.63, 3.8) is 0 Å². The Morgan fingerprint density at radius 2 is 2.11 bits per heavy atom. The van der Waals surface area contributed by atoms with E-state index >= 15 is 0 Å². The molecular formula is C15H20N2O2. The second kappa shape index (κ2) is 5.31. The van der Waals surface area contributed by atoms with E-state index in [-0.39, 0.29) is 18.1 Å². The van der Waals surface area contributed by atoms with E-state index < -0.39 is 0 Å². The Morgan fingerprint density at radius 3 is 2.84 bits per heavy atom. The predicted octanol–water partition coefficient (Wildman–Crippen LogP) is 0.588. The van der Waals surface area contributed by atoms with E-state index in [4.69, 9.17) is 0 Å². The van der Waals surface area contributed by atoms with Crippen LogP contribution in [0.2, 0.25) is 0 Å². The number of amides is 1. The topological polar surface area (TPSA) is 61.4 Å². The number of aliphatic hydroxyl groups excluding tert-OH is 1. The van der Waals surface area contributed by atoms with Crippen LogP contribution in [0.15, 0.2) is 24.3 Å². The van der Waals surface area contributed by atoms with E-state index in [1.54, 1.807) is 0 Å². The summed E-state index contributed by atoms with van der Waals surface area (Å²) in [6.07, 6.45) is 2.53. The van der Waals surface area contributed by atoms with Gasteiger partial charge in [-0.25, -0.2) is 0 Å². The summed E-state index contributed by atoms with van der Waals surface area (Å²) in [5, 5.41) is 15.9. The molecular weight excluding hydrogens is 240 g/mol. The maximum atomic E-state index is 12.1. The molecule has 1 aromatic carbocycles. The molecule has 19 heavy (non-hydrogen) atoms. The smallest absolute Gasteiger partial charge is 0.237 e. The molecule has 2 aliphatic rings. The SMILES string of the molecule is O=C(NCC(O)C1CC1)[C@H]1Cc2ccccc2CN1. The van der Waals surface area contributed by atoms with Crippen LogP contribution in [-0.4, -0.2) is 29.7 Å². The molecule has 0 spiro atoms. The van der Waals surface area contributed by atoms with Crippen molar-refractivity contribution in [2.24, 2.45) is 5.92 Å². The molecule has 4 nitrogen and oxygen atoms in total. The molecule has 0 saturated heterocycles. The predicted molar refractivity (Wildman–Crippen MR) is 72.5 cm³/mol. The summed E-state index contributed by atoms with van der Waals surface area (Å²) < 4.78 is 0. The van der Waals surface area contributed by atoms with Crippen molar-refractivity contribution in [2.45, 2.75) is 38.0 Å². The largest absolute Gasteiger partial charge is 0.391 e. The van der Waals surface area contributed by atoms with Gasteiger partial charge >= 0.3 is 0 Å². The van der Waals surface area contributed by atoms with Crippen LogP contribution in [0.5, 0.6) is 0 Å². The molecule has 1 unspecified atom stereocenters. The number of nitrogens with one attached hydrogen (secondary N) is 2. The molecule has 1 aliphatic carbocycles. The zero-order chi connectivity index (χ0) is 13.2. The van der Waals surface area contributed by atoms with Gasteiger partial charge in [-0.3, -0.25) is 4.79 Å². The molecule has 3 N–H and O–H groups in total. The molecule has 1 aromatic rings. The van der Waals surface area contributed by atoms with Crippen LogP contribution in [0.25, 0.3) is 0 Å². The second-order valence-electron chi connectivity index (χ2n) is 5.56. The summed E-state index contributed by atoms with van der Waals surface area (Å²) >= 11 is 0. The summed E-state index contributed by atoms with van der Waals surface area (Å²) in [6, 6.07) is 8.02. The van der Waals surface area contributed by atoms with Gasteiger partial charge in [-0.2, -0.15) is 0 Å². The molecule has 1 aliphatic heterocycles. The third kappa shape index (κ3) is 2.96. The third-order valence-electron chi connectivity index (χ3n) is 4.05. The summed E-state index contributed by atoms with van der Waals surface area (Å²) in [4.78, 5) is 12.1. The maximum absolute atomic E-state index is 12.1. The van der Waals surface area contributed by atoms with Gasteiger partial charge in [0.15, 0.2) is 0 Å². The van der Waals surface area contributed by atoms with Gasteiger partial charge in [-0.1, -0.05) is 24.3 Å². The maximum Gasteiger partial charge on any atom is 0.237 e. The number of carbonyl (C=O) groups excluding carboxylic acids is 1. The van der Waals surface area contributed by atoms with E-state index in [0.717, 1.165) is 25.8 Å². The molecule has 0 radical (unpaired) electrons. The van der Waals surface area contributed by atoms with Crippen molar-refractivity contribution in [1.29, 1.82) is 0 Å². The monoisotopic (exact) mass is 260 g/mol. The van der Waals surface area contributed by atoms with E-state index in [1.807, 2.05) is 12.1 Å². The van der Waals surface area contributed by atoms with Gasteiger partial charge < -0.3 is 15.7 Å². The van der Waals surface area contributed by atoms with Gasteiger partial charge in [0.1, 0.15) is 0 Å². The van der Waals surface area contributed by atoms with Crippen LogP contribution in [-0.2, 0) is 17.8 Å². The molecule has 4 heteroatoms. The van der Waals surface area contributed by atoms with Crippen molar-refractivity contribution < 1.29 is 9.90 Å². The van der Waals surface area contributed by atoms with Gasteiger partial charge in [0.2, 0.25) is 5.91 Å². The first-order valence-corrected chi connectivity index (χ1v) is 7.00. The Bertz CT molecular complexity index is 471. The van der Waals surface area contributed by atoms with Crippen LogP contribution in [0, 0.1) is 5.92 Å². The molecule has 102 valence electrons. The van der Waals surface area contributed by atoms with Gasteiger partial charge in [0.25, 0.3) is 0 Å². The first kappa shape index (κ1) is 12.6. The number of carbonyl (C=O) groups is 1. The Labute approximate surface area is 113 Å². The minimum absolute atomic E-state index is 0.00537. The third-order valence-corrected chi connectivity index (χ3v) is 4.05. The Hall–Kier alpha value is -1.39. The number of rotatable bonds is 4. The quantitative estimate of drug-likeness (QED) is 0.742. The number of fused-ring (bicyclic) bond motifs is 1. The number of aliphatic hydroxyl groups is 1. The number of benzene rings is 1. The first-order valence-electron chi connectivity index (χ1n) is 7.00. The molecule has 1 heterocycles. The van der Waals surface area contributed by atoms with Crippen LogP contribution in [0.3, 0.4) is 0 Å². The summed E-state index contributed by atoms with van der Waals surface area (Å²) in [7, 11) is 0. The highest BCUT2D eigenvalue weighted by atomic mass is 16.3. The standard InChI is InChI=1S/C15H20N2O2/c18-14(10-5-6-10)9-17-15(19)13-7-11-3-1-2-4-12(11)8-16-13/h1-4,10,13-14,16,18H,5-9H2,(H,17,19)/t13-,14?/m1/s1. The van der Waals surface area contributed by atoms with E-state index in [2.05, 4.69) is 22.8 Å². The number of hydrogen-bond donors (Lipinski definition) is 3. The van der Waals surface area contributed by atoms with Gasteiger partial charge in [0, 0.05) is 13.1 Å². The van der Waals surface area contributed by atoms with Gasteiger partial charge in [0.05, 0.1) is 12.1 Å². The average Bonchev–Trinajstić information content (AvgIpc) is 3.28. The zero-order valence-electron chi connectivity index (χ0n) is 10.9. The lowest BCUT2D eigenvalue weighted by atomic mass is 9.95. The minimum atomic E-state index is -0.375. The minimum Gasteiger partial charge on any atom is -0.391 e. The lowest BCUT2D eigenvalue weighted by molar-refractivity contribution is -0.123. The molecule has 2 atom stereocenters. The van der Waals surface area contributed by atoms with Gasteiger partial charge in [-0.05, 0) is 36.3 Å². The summed E-state index contributed by atoms with van der Waals surface area (Å²) in [5.41, 5.74) is 2.51. The highest BCUT2D eigenvalue weighted by molar-refractivity contribution is 5.82. The normalized spacial score (nSPS) is 23.5. The van der Waals surface area contributed by atoms with Gasteiger partial charge in [-0.15, -0.1) is 0 Å². The Balaban J connectivity index is 1.53. The highest BCUT2D eigenvalue weighted by Gasteiger charge is 2.30. The van der Waals surface area contributed by atoms with Crippen molar-refractivity contribution in [3.8, 4) is 0 Å². The fourth-order valence-electron chi connectivity index (χ4n) is 2.62. The molecule has 1 amide bonds. The highest BCUT2D eigenvalue weighted by Crippen LogP contribution is 2.32. The number of hydrogen-bond acceptors (Lipinski definition) is 3. The Morgan fingerprint density at radius 1 is 1.37 bits per heavy atom. The van der Waals surface area contributed by atoms with Crippen molar-refractivity contribution in [2.75, 3.05) is 6.54 Å². The second-order valence-corrected chi connectivity index (χ2v) is 5.56. The van der Waals surface area contributed by atoms with Crippen LogP contribution in [0.1, 0.15) is 24.0 Å². The van der Waals surface area contributed by atoms with Crippen molar-refractivity contribution in [1.82, 2.24) is 10.6 Å². The van der Waals surface area contributed by atoms with Crippen LogP contribution < -0.4 is 10.6 Å². The van der Waals surface area contributed by atoms with E-state index in [1.165, 1.54) is 11.1 Å². The molecule has 0 aromatic heterocycles. The lowest BCUT2D eigenvalue weighted by Crippen LogP contribution is -2.49. The fourth-order valence-corrected chi connectivity index (χ4v) is 2.62. The summed E-state index contributed by atoms with van der Waals surface area (Å²) in [5.74, 6) is 0.398. The Kier molecular flexibility index (Phi) is 3.53. The molecule has 1 fully saturated rings. The van der Waals surface area contributed by atoms with E-state index in [9.17, 15) is 9.90 Å². The first-order chi connectivity index (χ1) is 9.24. The van der Waals surface area contributed by atoms with E-state index in [0.29, 0.717) is 12.5 Å². The van der Waals surface area contributed by atoms with Crippen molar-refractivity contribution in [3.05, 3.63) is 35.4 Å².